The summed E-state index contributed by atoms with van der Waals surface area (Å²) < 4.78 is 2.13. The Kier molecular flexibility index (Phi) is 5.57. The number of hydrogen-bond acceptors (Lipinski definition) is 3. The molecule has 2 atom stereocenters. The van der Waals surface area contributed by atoms with E-state index in [1.807, 2.05) is 18.0 Å². The fourth-order valence-electron chi connectivity index (χ4n) is 2.72. The summed E-state index contributed by atoms with van der Waals surface area (Å²) in [6.07, 6.45) is 10.7. The third-order valence-corrected chi connectivity index (χ3v) is 4.87. The summed E-state index contributed by atoms with van der Waals surface area (Å²) in [5.41, 5.74) is 1.32. The van der Waals surface area contributed by atoms with Crippen molar-refractivity contribution in [3.63, 3.8) is 0 Å². The SMILES string of the molecule is CCCn1nccc1CNC1CCCC(SC)C1. The summed E-state index contributed by atoms with van der Waals surface area (Å²) in [5.74, 6) is 0. The van der Waals surface area contributed by atoms with Crippen molar-refractivity contribution in [2.75, 3.05) is 6.26 Å². The van der Waals surface area contributed by atoms with Crippen molar-refractivity contribution in [1.82, 2.24) is 15.1 Å². The largest absolute Gasteiger partial charge is 0.308 e. The van der Waals surface area contributed by atoms with Crippen LogP contribution in [0.2, 0.25) is 0 Å². The van der Waals surface area contributed by atoms with Crippen molar-refractivity contribution >= 4 is 11.8 Å². The summed E-state index contributed by atoms with van der Waals surface area (Å²) >= 11 is 2.03. The molecule has 1 fully saturated rings. The van der Waals surface area contributed by atoms with Gasteiger partial charge in [-0.3, -0.25) is 4.68 Å². The fourth-order valence-corrected chi connectivity index (χ4v) is 3.54. The van der Waals surface area contributed by atoms with E-state index in [4.69, 9.17) is 0 Å². The highest BCUT2D eigenvalue weighted by Crippen LogP contribution is 2.27. The minimum atomic E-state index is 0.696. The lowest BCUT2D eigenvalue weighted by molar-refractivity contribution is 0.374. The van der Waals surface area contributed by atoms with Gasteiger partial charge in [0.1, 0.15) is 0 Å². The number of nitrogens with zero attached hydrogens (tertiary/aromatic N) is 2. The lowest BCUT2D eigenvalue weighted by Gasteiger charge is -2.28. The van der Waals surface area contributed by atoms with Gasteiger partial charge in [-0.1, -0.05) is 13.3 Å². The van der Waals surface area contributed by atoms with Crippen molar-refractivity contribution in [2.24, 2.45) is 0 Å². The number of aryl methyl sites for hydroxylation is 1. The van der Waals surface area contributed by atoms with Gasteiger partial charge in [-0.15, -0.1) is 0 Å². The van der Waals surface area contributed by atoms with Gasteiger partial charge in [0.2, 0.25) is 0 Å². The van der Waals surface area contributed by atoms with Crippen molar-refractivity contribution in [2.45, 2.75) is 63.4 Å². The van der Waals surface area contributed by atoms with Crippen LogP contribution in [0.1, 0.15) is 44.7 Å². The normalized spacial score (nSPS) is 24.3. The van der Waals surface area contributed by atoms with Crippen molar-refractivity contribution in [3.8, 4) is 0 Å². The zero-order valence-electron chi connectivity index (χ0n) is 11.6. The first-order valence-corrected chi connectivity index (χ1v) is 8.39. The number of nitrogens with one attached hydrogen (secondary N) is 1. The second kappa shape index (κ2) is 7.19. The molecule has 102 valence electrons. The minimum absolute atomic E-state index is 0.696. The third kappa shape index (κ3) is 3.75. The van der Waals surface area contributed by atoms with Crippen molar-refractivity contribution < 1.29 is 0 Å². The van der Waals surface area contributed by atoms with Crippen LogP contribution in [0, 0.1) is 0 Å². The summed E-state index contributed by atoms with van der Waals surface area (Å²) in [7, 11) is 0. The van der Waals surface area contributed by atoms with Gasteiger partial charge in [0.05, 0.1) is 5.69 Å². The Bertz CT molecular complexity index is 351. The maximum atomic E-state index is 4.37. The average molecular weight is 267 g/mol. The molecular weight excluding hydrogens is 242 g/mol. The average Bonchev–Trinajstić information content (AvgIpc) is 2.85. The quantitative estimate of drug-likeness (QED) is 0.859. The highest BCUT2D eigenvalue weighted by atomic mass is 32.2. The molecule has 1 heterocycles. The number of aromatic nitrogens is 2. The monoisotopic (exact) mass is 267 g/mol. The van der Waals surface area contributed by atoms with Crippen LogP contribution in [0.5, 0.6) is 0 Å². The molecule has 2 rings (SSSR count). The Hall–Kier alpha value is -0.480. The Morgan fingerprint density at radius 3 is 3.17 bits per heavy atom. The first kappa shape index (κ1) is 13.9. The third-order valence-electron chi connectivity index (χ3n) is 3.77. The molecule has 1 aliphatic carbocycles. The van der Waals surface area contributed by atoms with Crippen molar-refractivity contribution in [1.29, 1.82) is 0 Å². The Labute approximate surface area is 115 Å². The van der Waals surface area contributed by atoms with Crippen molar-refractivity contribution in [3.05, 3.63) is 18.0 Å². The molecule has 0 radical (unpaired) electrons. The minimum Gasteiger partial charge on any atom is -0.308 e. The second-order valence-electron chi connectivity index (χ2n) is 5.15. The molecule has 4 heteroatoms. The topological polar surface area (TPSA) is 29.9 Å². The maximum Gasteiger partial charge on any atom is 0.0522 e. The molecule has 1 aliphatic rings. The molecule has 0 amide bonds. The molecule has 1 N–H and O–H groups in total. The Balaban J connectivity index is 1.81. The summed E-state index contributed by atoms with van der Waals surface area (Å²) in [6.45, 7) is 4.19. The zero-order chi connectivity index (χ0) is 12.8. The molecule has 0 saturated heterocycles. The molecule has 1 aromatic rings. The van der Waals surface area contributed by atoms with E-state index in [1.165, 1.54) is 31.4 Å². The Morgan fingerprint density at radius 2 is 2.39 bits per heavy atom. The van der Waals surface area contributed by atoms with E-state index in [9.17, 15) is 0 Å². The van der Waals surface area contributed by atoms with E-state index in [1.54, 1.807) is 0 Å². The molecule has 2 unspecified atom stereocenters. The molecule has 0 spiro atoms. The van der Waals surface area contributed by atoms with Crippen LogP contribution < -0.4 is 5.32 Å². The summed E-state index contributed by atoms with van der Waals surface area (Å²) in [5, 5.41) is 8.94. The van der Waals surface area contributed by atoms with Gasteiger partial charge in [-0.2, -0.15) is 16.9 Å². The zero-order valence-corrected chi connectivity index (χ0v) is 12.4. The highest BCUT2D eigenvalue weighted by molar-refractivity contribution is 7.99. The van der Waals surface area contributed by atoms with Crippen LogP contribution in [0.15, 0.2) is 12.3 Å². The van der Waals surface area contributed by atoms with Crippen LogP contribution in [-0.2, 0) is 13.1 Å². The first-order chi connectivity index (χ1) is 8.83. The molecule has 3 nitrogen and oxygen atoms in total. The smallest absolute Gasteiger partial charge is 0.0522 e. The number of hydrogen-bond donors (Lipinski definition) is 1. The van der Waals surface area contributed by atoms with E-state index in [2.05, 4.69) is 34.3 Å². The van der Waals surface area contributed by atoms with E-state index in [0.717, 1.165) is 24.8 Å². The molecular formula is C14H25N3S. The summed E-state index contributed by atoms with van der Waals surface area (Å²) in [4.78, 5) is 0. The van der Waals surface area contributed by atoms with E-state index in [-0.39, 0.29) is 0 Å². The number of thioether (sulfide) groups is 1. The highest BCUT2D eigenvalue weighted by Gasteiger charge is 2.20. The van der Waals surface area contributed by atoms with E-state index >= 15 is 0 Å². The maximum absolute atomic E-state index is 4.37. The molecule has 0 bridgehead atoms. The molecule has 0 aliphatic heterocycles. The predicted molar refractivity (Wildman–Crippen MR) is 78.9 cm³/mol. The molecule has 1 aromatic heterocycles. The summed E-state index contributed by atoms with van der Waals surface area (Å²) in [6, 6.07) is 2.83. The van der Waals surface area contributed by atoms with Gasteiger partial charge in [0.25, 0.3) is 0 Å². The number of rotatable bonds is 6. The van der Waals surface area contributed by atoms with Gasteiger partial charge in [-0.05, 0) is 38.0 Å². The first-order valence-electron chi connectivity index (χ1n) is 7.10. The molecule has 1 saturated carbocycles. The lowest BCUT2D eigenvalue weighted by atomic mass is 9.95. The van der Waals surface area contributed by atoms with Crippen LogP contribution in [0.4, 0.5) is 0 Å². The van der Waals surface area contributed by atoms with Crippen LogP contribution in [0.25, 0.3) is 0 Å². The fraction of sp³-hybridized carbons (Fsp3) is 0.786. The van der Waals surface area contributed by atoms with Gasteiger partial charge in [0, 0.05) is 30.6 Å². The van der Waals surface area contributed by atoms with Gasteiger partial charge < -0.3 is 5.32 Å². The standard InChI is InChI=1S/C14H25N3S/c1-3-9-17-13(7-8-16-17)11-15-12-5-4-6-14(10-12)18-2/h7-8,12,14-15H,3-6,9-11H2,1-2H3. The predicted octanol–water partition coefficient (Wildman–Crippen LogP) is 3.06. The molecule has 18 heavy (non-hydrogen) atoms. The lowest BCUT2D eigenvalue weighted by Crippen LogP contribution is -2.35. The van der Waals surface area contributed by atoms with E-state index in [0.29, 0.717) is 6.04 Å². The van der Waals surface area contributed by atoms with Crippen LogP contribution in [-0.4, -0.2) is 27.3 Å². The van der Waals surface area contributed by atoms with Gasteiger partial charge in [0.15, 0.2) is 0 Å². The van der Waals surface area contributed by atoms with Gasteiger partial charge >= 0.3 is 0 Å². The second-order valence-corrected chi connectivity index (χ2v) is 6.29. The van der Waals surface area contributed by atoms with E-state index < -0.39 is 0 Å². The van der Waals surface area contributed by atoms with Crippen LogP contribution >= 0.6 is 11.8 Å². The van der Waals surface area contributed by atoms with Crippen LogP contribution in [0.3, 0.4) is 0 Å². The van der Waals surface area contributed by atoms with Gasteiger partial charge in [-0.25, -0.2) is 0 Å². The Morgan fingerprint density at radius 1 is 1.50 bits per heavy atom. The molecule has 0 aromatic carbocycles.